The lowest BCUT2D eigenvalue weighted by molar-refractivity contribution is 0.0698. The van der Waals surface area contributed by atoms with Crippen LogP contribution in [-0.2, 0) is 11.3 Å². The molecular formula is C25H23BrN2O5. The Kier molecular flexibility index (Phi) is 7.26. The Morgan fingerprint density at radius 1 is 1.00 bits per heavy atom. The Balaban J connectivity index is 1.65. The molecule has 3 aromatic rings. The molecule has 0 saturated carbocycles. The fourth-order valence-corrected chi connectivity index (χ4v) is 3.93. The molecule has 33 heavy (non-hydrogen) atoms. The zero-order valence-electron chi connectivity index (χ0n) is 17.8. The summed E-state index contributed by atoms with van der Waals surface area (Å²) in [6, 6.07) is 19.8. The molecule has 0 atom stereocenters. The predicted molar refractivity (Wildman–Crippen MR) is 129 cm³/mol. The summed E-state index contributed by atoms with van der Waals surface area (Å²) >= 11 is 3.33. The molecular weight excluding hydrogens is 488 g/mol. The molecule has 7 nitrogen and oxygen atoms in total. The number of amides is 1. The summed E-state index contributed by atoms with van der Waals surface area (Å²) in [7, 11) is 0. The van der Waals surface area contributed by atoms with Gasteiger partial charge in [-0.05, 0) is 42.0 Å². The van der Waals surface area contributed by atoms with Crippen LogP contribution in [0.4, 0.5) is 11.4 Å². The van der Waals surface area contributed by atoms with E-state index in [0.29, 0.717) is 35.6 Å². The number of carboxylic acid groups (broad SMARTS) is 1. The minimum atomic E-state index is -1.12. The zero-order chi connectivity index (χ0) is 23.2. The molecule has 4 rings (SSSR count). The number of rotatable bonds is 7. The highest BCUT2D eigenvalue weighted by Crippen LogP contribution is 2.29. The molecule has 1 fully saturated rings. The van der Waals surface area contributed by atoms with Crippen molar-refractivity contribution in [3.05, 3.63) is 87.9 Å². The van der Waals surface area contributed by atoms with Crippen LogP contribution in [0.15, 0.2) is 71.2 Å². The van der Waals surface area contributed by atoms with Crippen LogP contribution in [0.1, 0.15) is 26.3 Å². The van der Waals surface area contributed by atoms with Crippen LogP contribution in [0.2, 0.25) is 0 Å². The zero-order valence-corrected chi connectivity index (χ0v) is 19.4. The fraction of sp³-hybridized carbons (Fsp3) is 0.200. The van der Waals surface area contributed by atoms with Crippen molar-refractivity contribution in [2.45, 2.75) is 6.61 Å². The first-order chi connectivity index (χ1) is 16.0. The number of anilines is 2. The number of hydrogen-bond acceptors (Lipinski definition) is 5. The molecule has 1 heterocycles. The van der Waals surface area contributed by atoms with Crippen molar-refractivity contribution in [2.75, 3.05) is 36.5 Å². The second kappa shape index (κ2) is 10.5. The fourth-order valence-electron chi connectivity index (χ4n) is 3.57. The van der Waals surface area contributed by atoms with Crippen molar-refractivity contribution in [3.63, 3.8) is 0 Å². The van der Waals surface area contributed by atoms with Crippen molar-refractivity contribution in [1.82, 2.24) is 0 Å². The molecule has 0 aromatic heterocycles. The third kappa shape index (κ3) is 5.71. The molecule has 8 heteroatoms. The number of nitrogens with zero attached hydrogens (tertiary/aromatic N) is 1. The van der Waals surface area contributed by atoms with E-state index in [4.69, 9.17) is 9.47 Å². The molecule has 3 aromatic carbocycles. The van der Waals surface area contributed by atoms with Gasteiger partial charge in [0.2, 0.25) is 0 Å². The summed E-state index contributed by atoms with van der Waals surface area (Å²) in [5.41, 5.74) is 2.38. The van der Waals surface area contributed by atoms with Crippen LogP contribution in [0.3, 0.4) is 0 Å². The molecule has 0 unspecified atom stereocenters. The Morgan fingerprint density at radius 3 is 2.48 bits per heavy atom. The first-order valence-electron chi connectivity index (χ1n) is 10.5. The summed E-state index contributed by atoms with van der Waals surface area (Å²) in [5, 5.41) is 12.3. The van der Waals surface area contributed by atoms with Gasteiger partial charge in [-0.15, -0.1) is 0 Å². The van der Waals surface area contributed by atoms with Gasteiger partial charge in [0.1, 0.15) is 12.4 Å². The van der Waals surface area contributed by atoms with Gasteiger partial charge < -0.3 is 24.8 Å². The highest BCUT2D eigenvalue weighted by molar-refractivity contribution is 9.10. The summed E-state index contributed by atoms with van der Waals surface area (Å²) in [4.78, 5) is 27.1. The smallest absolute Gasteiger partial charge is 0.337 e. The van der Waals surface area contributed by atoms with Gasteiger partial charge in [0.15, 0.2) is 0 Å². The molecule has 1 saturated heterocycles. The van der Waals surface area contributed by atoms with Crippen LogP contribution in [-0.4, -0.2) is 43.3 Å². The topological polar surface area (TPSA) is 88.1 Å². The minimum absolute atomic E-state index is 0.00244. The van der Waals surface area contributed by atoms with Gasteiger partial charge in [-0.2, -0.15) is 0 Å². The number of benzene rings is 3. The number of ether oxygens (including phenoxy) is 2. The highest BCUT2D eigenvalue weighted by Gasteiger charge is 2.20. The average Bonchev–Trinajstić information content (AvgIpc) is 2.83. The Hall–Kier alpha value is -3.36. The molecule has 2 N–H and O–H groups in total. The van der Waals surface area contributed by atoms with Crippen molar-refractivity contribution >= 4 is 39.2 Å². The van der Waals surface area contributed by atoms with Crippen LogP contribution in [0, 0.1) is 0 Å². The standard InChI is InChI=1S/C25H23BrN2O5/c26-18-6-8-20(25(30)31)22(14-18)27-24(29)21-15-19(28-10-12-32-13-11-28)7-9-23(21)33-16-17-4-2-1-3-5-17/h1-9,14-15H,10-13,16H2,(H,27,29)(H,30,31). The number of aromatic carboxylic acids is 1. The molecule has 0 aliphatic carbocycles. The largest absolute Gasteiger partial charge is 0.488 e. The lowest BCUT2D eigenvalue weighted by Crippen LogP contribution is -2.36. The predicted octanol–water partition coefficient (Wildman–Crippen LogP) is 4.82. The highest BCUT2D eigenvalue weighted by atomic mass is 79.9. The molecule has 1 amide bonds. The van der Waals surface area contributed by atoms with Gasteiger partial charge in [-0.3, -0.25) is 4.79 Å². The van der Waals surface area contributed by atoms with Gasteiger partial charge in [0.05, 0.1) is 30.0 Å². The molecule has 0 radical (unpaired) electrons. The van der Waals surface area contributed by atoms with Crippen molar-refractivity contribution in [3.8, 4) is 5.75 Å². The number of nitrogens with one attached hydrogen (secondary N) is 1. The molecule has 0 spiro atoms. The van der Waals surface area contributed by atoms with E-state index in [9.17, 15) is 14.7 Å². The maximum Gasteiger partial charge on any atom is 0.337 e. The van der Waals surface area contributed by atoms with Crippen molar-refractivity contribution < 1.29 is 24.2 Å². The molecule has 0 bridgehead atoms. The van der Waals surface area contributed by atoms with E-state index in [2.05, 4.69) is 26.1 Å². The van der Waals surface area contributed by atoms with E-state index in [1.54, 1.807) is 24.3 Å². The third-order valence-electron chi connectivity index (χ3n) is 5.28. The summed E-state index contributed by atoms with van der Waals surface area (Å²) in [6.07, 6.45) is 0. The van der Waals surface area contributed by atoms with E-state index in [0.717, 1.165) is 24.3 Å². The number of halogens is 1. The van der Waals surface area contributed by atoms with Crippen LogP contribution >= 0.6 is 15.9 Å². The van der Waals surface area contributed by atoms with E-state index >= 15 is 0 Å². The minimum Gasteiger partial charge on any atom is -0.488 e. The van der Waals surface area contributed by atoms with E-state index in [1.807, 2.05) is 36.4 Å². The second-order valence-corrected chi connectivity index (χ2v) is 8.42. The summed E-state index contributed by atoms with van der Waals surface area (Å²) < 4.78 is 12.1. The first-order valence-corrected chi connectivity index (χ1v) is 11.3. The van der Waals surface area contributed by atoms with Gasteiger partial charge in [-0.25, -0.2) is 4.79 Å². The molecule has 1 aliphatic heterocycles. The van der Waals surface area contributed by atoms with Crippen molar-refractivity contribution in [1.29, 1.82) is 0 Å². The molecule has 170 valence electrons. The quantitative estimate of drug-likeness (QED) is 0.473. The maximum atomic E-state index is 13.3. The Labute approximate surface area is 200 Å². The summed E-state index contributed by atoms with van der Waals surface area (Å²) in [6.45, 7) is 2.98. The molecule has 1 aliphatic rings. The van der Waals surface area contributed by atoms with E-state index in [-0.39, 0.29) is 11.3 Å². The second-order valence-electron chi connectivity index (χ2n) is 7.50. The maximum absolute atomic E-state index is 13.3. The number of carboxylic acids is 1. The Bertz CT molecular complexity index is 1150. The number of carbonyl (C=O) groups excluding carboxylic acids is 1. The third-order valence-corrected chi connectivity index (χ3v) is 5.77. The first kappa shape index (κ1) is 22.8. The normalized spacial score (nSPS) is 13.4. The van der Waals surface area contributed by atoms with Crippen molar-refractivity contribution in [2.24, 2.45) is 0 Å². The number of morpholine rings is 1. The number of hydrogen-bond donors (Lipinski definition) is 2. The lowest BCUT2D eigenvalue weighted by Gasteiger charge is -2.29. The monoisotopic (exact) mass is 510 g/mol. The number of carbonyl (C=O) groups is 2. The van der Waals surface area contributed by atoms with Gasteiger partial charge in [0, 0.05) is 23.2 Å². The summed E-state index contributed by atoms with van der Waals surface area (Å²) in [5.74, 6) is -1.16. The lowest BCUT2D eigenvalue weighted by atomic mass is 10.1. The van der Waals surface area contributed by atoms with Gasteiger partial charge in [0.25, 0.3) is 5.91 Å². The van der Waals surface area contributed by atoms with E-state index in [1.165, 1.54) is 6.07 Å². The van der Waals surface area contributed by atoms with E-state index < -0.39 is 11.9 Å². The van der Waals surface area contributed by atoms with Crippen LogP contribution in [0.5, 0.6) is 5.75 Å². The van der Waals surface area contributed by atoms with Crippen LogP contribution in [0.25, 0.3) is 0 Å². The van der Waals surface area contributed by atoms with Gasteiger partial charge in [-0.1, -0.05) is 46.3 Å². The van der Waals surface area contributed by atoms with Crippen LogP contribution < -0.4 is 15.0 Å². The Morgan fingerprint density at radius 2 is 1.76 bits per heavy atom. The average molecular weight is 511 g/mol. The van der Waals surface area contributed by atoms with Gasteiger partial charge >= 0.3 is 5.97 Å². The SMILES string of the molecule is O=C(O)c1ccc(Br)cc1NC(=O)c1cc(N2CCOCC2)ccc1OCc1ccccc1.